The molecule has 240 valence electrons. The zero-order valence-corrected chi connectivity index (χ0v) is 26.5. The standard InChI is InChI=1S/C36H38FN3O5S/c1-46(43,44)40(31-20-22-33(23-21-31)45-32-14-6-3-7-15-32)26-35(41)39(25-28-16-18-29(37)19-17-28)34(24-27-10-4-2-5-11-27)36(42)38-30-12-8-9-13-30/h2-7,10-11,14-23,30,34H,8-9,12-13,24-26H2,1H3,(H,38,42)/t34-/m0/s1. The van der Waals surface area contributed by atoms with E-state index in [1.807, 2.05) is 48.5 Å². The van der Waals surface area contributed by atoms with Crippen LogP contribution in [0.4, 0.5) is 10.1 Å². The van der Waals surface area contributed by atoms with Crippen LogP contribution in [0.25, 0.3) is 0 Å². The normalized spacial score (nSPS) is 14.0. The van der Waals surface area contributed by atoms with Crippen LogP contribution in [0.5, 0.6) is 11.5 Å². The molecule has 46 heavy (non-hydrogen) atoms. The van der Waals surface area contributed by atoms with E-state index < -0.39 is 34.3 Å². The molecule has 1 aliphatic rings. The number of halogens is 1. The molecule has 0 unspecified atom stereocenters. The molecule has 4 aromatic carbocycles. The number of nitrogens with one attached hydrogen (secondary N) is 1. The predicted octanol–water partition coefficient (Wildman–Crippen LogP) is 6.08. The van der Waals surface area contributed by atoms with E-state index in [0.717, 1.165) is 41.8 Å². The van der Waals surface area contributed by atoms with Gasteiger partial charge in [-0.1, -0.05) is 73.5 Å². The fourth-order valence-electron chi connectivity index (χ4n) is 5.63. The van der Waals surface area contributed by atoms with Crippen LogP contribution in [-0.4, -0.2) is 50.0 Å². The summed E-state index contributed by atoms with van der Waals surface area (Å²) < 4.78 is 46.8. The second kappa shape index (κ2) is 15.1. The summed E-state index contributed by atoms with van der Waals surface area (Å²) in [5.74, 6) is -0.174. The summed E-state index contributed by atoms with van der Waals surface area (Å²) in [6.07, 6.45) is 5.02. The second-order valence-corrected chi connectivity index (χ2v) is 13.4. The predicted molar refractivity (Wildman–Crippen MR) is 176 cm³/mol. The van der Waals surface area contributed by atoms with Crippen molar-refractivity contribution >= 4 is 27.5 Å². The summed E-state index contributed by atoms with van der Waals surface area (Å²) in [4.78, 5) is 29.6. The fraction of sp³-hybridized carbons (Fsp3) is 0.278. The molecule has 0 aromatic heterocycles. The maximum atomic E-state index is 14.3. The molecule has 0 aliphatic heterocycles. The maximum absolute atomic E-state index is 14.3. The third-order valence-corrected chi connectivity index (χ3v) is 9.16. The third kappa shape index (κ3) is 8.94. The molecule has 0 spiro atoms. The number of anilines is 1. The zero-order chi connectivity index (χ0) is 32.5. The van der Waals surface area contributed by atoms with Gasteiger partial charge in [0.05, 0.1) is 11.9 Å². The number of carbonyl (C=O) groups is 2. The monoisotopic (exact) mass is 643 g/mol. The molecule has 5 rings (SSSR count). The molecular weight excluding hydrogens is 605 g/mol. The Kier molecular flexibility index (Phi) is 10.7. The number of nitrogens with zero attached hydrogens (tertiary/aromatic N) is 2. The number of para-hydroxylation sites is 1. The van der Waals surface area contributed by atoms with Crippen LogP contribution >= 0.6 is 0 Å². The average molecular weight is 644 g/mol. The Hall–Kier alpha value is -4.70. The Labute approximate surface area is 269 Å². The van der Waals surface area contributed by atoms with Crippen molar-refractivity contribution in [2.75, 3.05) is 17.1 Å². The van der Waals surface area contributed by atoms with E-state index in [4.69, 9.17) is 4.74 Å². The minimum atomic E-state index is -3.93. The van der Waals surface area contributed by atoms with Crippen molar-refractivity contribution in [3.63, 3.8) is 0 Å². The summed E-state index contributed by atoms with van der Waals surface area (Å²) in [6, 6.07) is 29.8. The largest absolute Gasteiger partial charge is 0.457 e. The maximum Gasteiger partial charge on any atom is 0.244 e. The Bertz CT molecular complexity index is 1700. The first kappa shape index (κ1) is 32.7. The van der Waals surface area contributed by atoms with Crippen molar-refractivity contribution < 1.29 is 27.1 Å². The van der Waals surface area contributed by atoms with Gasteiger partial charge in [0.25, 0.3) is 0 Å². The number of ether oxygens (including phenoxy) is 1. The third-order valence-electron chi connectivity index (χ3n) is 8.02. The van der Waals surface area contributed by atoms with Crippen molar-refractivity contribution in [1.29, 1.82) is 0 Å². The number of sulfonamides is 1. The van der Waals surface area contributed by atoms with Crippen LogP contribution in [0.2, 0.25) is 0 Å². The van der Waals surface area contributed by atoms with Gasteiger partial charge in [0.15, 0.2) is 0 Å². The lowest BCUT2D eigenvalue weighted by Crippen LogP contribution is -2.54. The van der Waals surface area contributed by atoms with Crippen LogP contribution in [0.15, 0.2) is 109 Å². The SMILES string of the molecule is CS(=O)(=O)N(CC(=O)N(Cc1ccc(F)cc1)[C@@H](Cc1ccccc1)C(=O)NC1CCCC1)c1ccc(Oc2ccccc2)cc1. The molecule has 1 N–H and O–H groups in total. The molecule has 2 amide bonds. The molecule has 1 saturated carbocycles. The molecule has 4 aromatic rings. The first-order valence-electron chi connectivity index (χ1n) is 15.3. The van der Waals surface area contributed by atoms with Gasteiger partial charge in [-0.3, -0.25) is 13.9 Å². The van der Waals surface area contributed by atoms with E-state index in [1.165, 1.54) is 17.0 Å². The quantitative estimate of drug-likeness (QED) is 0.191. The lowest BCUT2D eigenvalue weighted by atomic mass is 10.0. The van der Waals surface area contributed by atoms with E-state index in [-0.39, 0.29) is 30.6 Å². The highest BCUT2D eigenvalue weighted by Gasteiger charge is 2.34. The van der Waals surface area contributed by atoms with Gasteiger partial charge in [0.1, 0.15) is 29.9 Å². The Balaban J connectivity index is 1.45. The summed E-state index contributed by atoms with van der Waals surface area (Å²) in [5, 5.41) is 3.13. The lowest BCUT2D eigenvalue weighted by Gasteiger charge is -2.34. The van der Waals surface area contributed by atoms with Crippen LogP contribution in [0.3, 0.4) is 0 Å². The summed E-state index contributed by atoms with van der Waals surface area (Å²) in [5.41, 5.74) is 1.72. The van der Waals surface area contributed by atoms with Crippen molar-refractivity contribution in [1.82, 2.24) is 10.2 Å². The van der Waals surface area contributed by atoms with Gasteiger partial charge in [0.2, 0.25) is 21.8 Å². The van der Waals surface area contributed by atoms with E-state index in [2.05, 4.69) is 5.32 Å². The highest BCUT2D eigenvalue weighted by atomic mass is 32.2. The molecule has 1 fully saturated rings. The van der Waals surface area contributed by atoms with Crippen molar-refractivity contribution in [3.05, 3.63) is 126 Å². The zero-order valence-electron chi connectivity index (χ0n) is 25.7. The first-order chi connectivity index (χ1) is 22.2. The van der Waals surface area contributed by atoms with E-state index in [1.54, 1.807) is 48.5 Å². The Morgan fingerprint density at radius 2 is 1.41 bits per heavy atom. The van der Waals surface area contributed by atoms with Crippen molar-refractivity contribution in [2.45, 2.75) is 50.7 Å². The number of hydrogen-bond acceptors (Lipinski definition) is 5. The van der Waals surface area contributed by atoms with Gasteiger partial charge in [-0.15, -0.1) is 0 Å². The lowest BCUT2D eigenvalue weighted by molar-refractivity contribution is -0.140. The second-order valence-electron chi connectivity index (χ2n) is 11.5. The minimum absolute atomic E-state index is 0.0117. The average Bonchev–Trinajstić information content (AvgIpc) is 3.56. The number of rotatable bonds is 13. The van der Waals surface area contributed by atoms with Gasteiger partial charge in [-0.2, -0.15) is 0 Å². The highest BCUT2D eigenvalue weighted by molar-refractivity contribution is 7.92. The first-order valence-corrected chi connectivity index (χ1v) is 17.2. The summed E-state index contributed by atoms with van der Waals surface area (Å²) >= 11 is 0. The molecule has 1 aliphatic carbocycles. The molecular formula is C36H38FN3O5S. The number of benzene rings is 4. The highest BCUT2D eigenvalue weighted by Crippen LogP contribution is 2.26. The van der Waals surface area contributed by atoms with Gasteiger partial charge >= 0.3 is 0 Å². The number of hydrogen-bond donors (Lipinski definition) is 1. The smallest absolute Gasteiger partial charge is 0.244 e. The van der Waals surface area contributed by atoms with E-state index >= 15 is 0 Å². The summed E-state index contributed by atoms with van der Waals surface area (Å²) in [7, 11) is -3.93. The number of amides is 2. The van der Waals surface area contributed by atoms with Crippen molar-refractivity contribution in [2.24, 2.45) is 0 Å². The molecule has 1 atom stereocenters. The van der Waals surface area contributed by atoms with Gasteiger partial charge in [-0.25, -0.2) is 12.8 Å². The van der Waals surface area contributed by atoms with E-state index in [0.29, 0.717) is 17.1 Å². The van der Waals surface area contributed by atoms with Crippen LogP contribution in [-0.2, 0) is 32.6 Å². The van der Waals surface area contributed by atoms with Gasteiger partial charge < -0.3 is 15.0 Å². The molecule has 0 bridgehead atoms. The fourth-order valence-corrected chi connectivity index (χ4v) is 6.48. The van der Waals surface area contributed by atoms with Gasteiger partial charge in [0, 0.05) is 19.0 Å². The van der Waals surface area contributed by atoms with Crippen LogP contribution < -0.4 is 14.4 Å². The topological polar surface area (TPSA) is 96.0 Å². The number of carbonyl (C=O) groups excluding carboxylic acids is 2. The Morgan fingerprint density at radius 1 is 0.826 bits per heavy atom. The molecule has 10 heteroatoms. The van der Waals surface area contributed by atoms with Crippen LogP contribution in [0.1, 0.15) is 36.8 Å². The molecule has 0 radical (unpaired) electrons. The molecule has 0 saturated heterocycles. The Morgan fingerprint density at radius 3 is 2.02 bits per heavy atom. The molecule has 8 nitrogen and oxygen atoms in total. The minimum Gasteiger partial charge on any atom is -0.457 e. The summed E-state index contributed by atoms with van der Waals surface area (Å²) in [6.45, 7) is -0.558. The van der Waals surface area contributed by atoms with Crippen molar-refractivity contribution in [3.8, 4) is 11.5 Å². The molecule has 0 heterocycles. The van der Waals surface area contributed by atoms with Gasteiger partial charge in [-0.05, 0) is 72.5 Å². The van der Waals surface area contributed by atoms with E-state index in [9.17, 15) is 22.4 Å². The van der Waals surface area contributed by atoms with Crippen LogP contribution in [0, 0.1) is 5.82 Å².